The summed E-state index contributed by atoms with van der Waals surface area (Å²) in [5.74, 6) is 1.21. The van der Waals surface area contributed by atoms with Gasteiger partial charge in [0, 0.05) is 6.42 Å². The molecular formula is C13H17N3O. The van der Waals surface area contributed by atoms with E-state index < -0.39 is 0 Å². The molecule has 0 fully saturated rings. The molecule has 0 spiro atoms. The Bertz CT molecular complexity index is 493. The van der Waals surface area contributed by atoms with Gasteiger partial charge in [0.1, 0.15) is 0 Å². The zero-order valence-corrected chi connectivity index (χ0v) is 10.2. The average Bonchev–Trinajstić information content (AvgIpc) is 2.76. The molecule has 0 bridgehead atoms. The fourth-order valence-electron chi connectivity index (χ4n) is 1.67. The van der Waals surface area contributed by atoms with Crippen LogP contribution in [0, 0.1) is 6.92 Å². The molecular weight excluding hydrogens is 214 g/mol. The third-order valence-electron chi connectivity index (χ3n) is 2.69. The molecule has 4 heteroatoms. The number of aryl methyl sites for hydroxylation is 1. The lowest BCUT2D eigenvalue weighted by Gasteiger charge is -1.99. The minimum absolute atomic E-state index is 0.159. The molecule has 2 aromatic rings. The second-order valence-corrected chi connectivity index (χ2v) is 4.23. The molecule has 0 aliphatic heterocycles. The van der Waals surface area contributed by atoms with Gasteiger partial charge in [0.15, 0.2) is 5.82 Å². The Labute approximate surface area is 101 Å². The monoisotopic (exact) mass is 231 g/mol. The predicted molar refractivity (Wildman–Crippen MR) is 65.5 cm³/mol. The molecule has 1 unspecified atom stereocenters. The summed E-state index contributed by atoms with van der Waals surface area (Å²) in [5, 5.41) is 3.94. The minimum atomic E-state index is -0.159. The van der Waals surface area contributed by atoms with Crippen LogP contribution in [0.15, 0.2) is 28.8 Å². The van der Waals surface area contributed by atoms with Crippen molar-refractivity contribution in [1.82, 2.24) is 10.1 Å². The minimum Gasteiger partial charge on any atom is -0.338 e. The SMILES string of the molecule is CCC(N)c1nc(Cc2cccc(C)c2)no1. The van der Waals surface area contributed by atoms with Gasteiger partial charge in [-0.1, -0.05) is 41.9 Å². The van der Waals surface area contributed by atoms with E-state index in [9.17, 15) is 0 Å². The highest BCUT2D eigenvalue weighted by Gasteiger charge is 2.12. The normalized spacial score (nSPS) is 12.6. The van der Waals surface area contributed by atoms with E-state index in [0.29, 0.717) is 18.1 Å². The van der Waals surface area contributed by atoms with Gasteiger partial charge >= 0.3 is 0 Å². The molecule has 0 aliphatic rings. The quantitative estimate of drug-likeness (QED) is 0.877. The van der Waals surface area contributed by atoms with Gasteiger partial charge in [0.2, 0.25) is 5.89 Å². The van der Waals surface area contributed by atoms with Crippen LogP contribution in [0.2, 0.25) is 0 Å². The molecule has 2 N–H and O–H groups in total. The van der Waals surface area contributed by atoms with Gasteiger partial charge < -0.3 is 10.3 Å². The first-order valence-corrected chi connectivity index (χ1v) is 5.82. The molecule has 1 atom stereocenters. The summed E-state index contributed by atoms with van der Waals surface area (Å²) in [4.78, 5) is 4.30. The Morgan fingerprint density at radius 1 is 1.41 bits per heavy atom. The third-order valence-corrected chi connectivity index (χ3v) is 2.69. The molecule has 0 radical (unpaired) electrons. The van der Waals surface area contributed by atoms with Crippen molar-refractivity contribution in [2.24, 2.45) is 5.73 Å². The van der Waals surface area contributed by atoms with Gasteiger partial charge in [-0.05, 0) is 18.9 Å². The van der Waals surface area contributed by atoms with Gasteiger partial charge in [-0.25, -0.2) is 0 Å². The highest BCUT2D eigenvalue weighted by Crippen LogP contribution is 2.13. The van der Waals surface area contributed by atoms with Gasteiger partial charge in [-0.15, -0.1) is 0 Å². The topological polar surface area (TPSA) is 64.9 Å². The van der Waals surface area contributed by atoms with Crippen molar-refractivity contribution in [2.75, 3.05) is 0 Å². The van der Waals surface area contributed by atoms with Crippen molar-refractivity contribution in [3.8, 4) is 0 Å². The van der Waals surface area contributed by atoms with E-state index in [1.54, 1.807) is 0 Å². The second kappa shape index (κ2) is 5.10. The Morgan fingerprint density at radius 3 is 2.94 bits per heavy atom. The van der Waals surface area contributed by atoms with Gasteiger partial charge in [0.05, 0.1) is 6.04 Å². The number of benzene rings is 1. The van der Waals surface area contributed by atoms with Crippen molar-refractivity contribution in [3.63, 3.8) is 0 Å². The lowest BCUT2D eigenvalue weighted by Crippen LogP contribution is -2.08. The van der Waals surface area contributed by atoms with Crippen molar-refractivity contribution in [3.05, 3.63) is 47.1 Å². The van der Waals surface area contributed by atoms with Crippen LogP contribution in [-0.2, 0) is 6.42 Å². The molecule has 0 amide bonds. The Balaban J connectivity index is 2.11. The highest BCUT2D eigenvalue weighted by atomic mass is 16.5. The average molecular weight is 231 g/mol. The molecule has 0 saturated heterocycles. The van der Waals surface area contributed by atoms with E-state index in [1.807, 2.05) is 13.0 Å². The summed E-state index contributed by atoms with van der Waals surface area (Å²) in [6, 6.07) is 8.12. The Morgan fingerprint density at radius 2 is 2.24 bits per heavy atom. The number of rotatable bonds is 4. The molecule has 0 aliphatic carbocycles. The third kappa shape index (κ3) is 2.91. The first kappa shape index (κ1) is 11.8. The summed E-state index contributed by atoms with van der Waals surface area (Å²) in [6.45, 7) is 4.06. The molecule has 1 heterocycles. The number of nitrogens with two attached hydrogens (primary N) is 1. The standard InChI is InChI=1S/C13H17N3O/c1-3-11(14)13-15-12(16-17-13)8-10-6-4-5-9(2)7-10/h4-7,11H,3,8,14H2,1-2H3. The molecule has 1 aromatic heterocycles. The molecule has 1 aromatic carbocycles. The van der Waals surface area contributed by atoms with Crippen molar-refractivity contribution in [1.29, 1.82) is 0 Å². The predicted octanol–water partition coefficient (Wildman–Crippen LogP) is 2.38. The lowest BCUT2D eigenvalue weighted by atomic mass is 10.1. The number of hydrogen-bond acceptors (Lipinski definition) is 4. The Hall–Kier alpha value is -1.68. The van der Waals surface area contributed by atoms with Crippen LogP contribution < -0.4 is 5.73 Å². The summed E-state index contributed by atoms with van der Waals surface area (Å²) in [7, 11) is 0. The van der Waals surface area contributed by atoms with Gasteiger partial charge in [-0.3, -0.25) is 0 Å². The number of hydrogen-bond donors (Lipinski definition) is 1. The van der Waals surface area contributed by atoms with Crippen LogP contribution in [0.1, 0.15) is 42.2 Å². The molecule has 4 nitrogen and oxygen atoms in total. The van der Waals surface area contributed by atoms with Crippen LogP contribution in [0.3, 0.4) is 0 Å². The molecule has 2 rings (SSSR count). The number of aromatic nitrogens is 2. The fourth-order valence-corrected chi connectivity index (χ4v) is 1.67. The van der Waals surface area contributed by atoms with Gasteiger partial charge in [0.25, 0.3) is 0 Å². The van der Waals surface area contributed by atoms with Crippen LogP contribution >= 0.6 is 0 Å². The first-order chi connectivity index (χ1) is 8.19. The second-order valence-electron chi connectivity index (χ2n) is 4.23. The fraction of sp³-hybridized carbons (Fsp3) is 0.385. The van der Waals surface area contributed by atoms with Crippen molar-refractivity contribution >= 4 is 0 Å². The zero-order chi connectivity index (χ0) is 12.3. The zero-order valence-electron chi connectivity index (χ0n) is 10.2. The van der Waals surface area contributed by atoms with Gasteiger partial charge in [-0.2, -0.15) is 4.98 Å². The molecule has 0 saturated carbocycles. The largest absolute Gasteiger partial charge is 0.338 e. The first-order valence-electron chi connectivity index (χ1n) is 5.82. The van der Waals surface area contributed by atoms with E-state index >= 15 is 0 Å². The summed E-state index contributed by atoms with van der Waals surface area (Å²) in [6.07, 6.45) is 1.48. The van der Waals surface area contributed by atoms with E-state index in [1.165, 1.54) is 11.1 Å². The Kier molecular flexibility index (Phi) is 3.54. The molecule has 17 heavy (non-hydrogen) atoms. The maximum Gasteiger partial charge on any atom is 0.243 e. The van der Waals surface area contributed by atoms with E-state index in [-0.39, 0.29) is 6.04 Å². The maximum atomic E-state index is 5.83. The highest BCUT2D eigenvalue weighted by molar-refractivity contribution is 5.24. The molecule has 90 valence electrons. The maximum absolute atomic E-state index is 5.83. The van der Waals surface area contributed by atoms with Crippen LogP contribution in [0.25, 0.3) is 0 Å². The van der Waals surface area contributed by atoms with E-state index in [0.717, 1.165) is 6.42 Å². The lowest BCUT2D eigenvalue weighted by molar-refractivity contribution is 0.348. The van der Waals surface area contributed by atoms with E-state index in [4.69, 9.17) is 10.3 Å². The number of nitrogens with zero attached hydrogens (tertiary/aromatic N) is 2. The smallest absolute Gasteiger partial charge is 0.243 e. The van der Waals surface area contributed by atoms with E-state index in [2.05, 4.69) is 35.3 Å². The summed E-state index contributed by atoms with van der Waals surface area (Å²) in [5.41, 5.74) is 8.24. The summed E-state index contributed by atoms with van der Waals surface area (Å²) < 4.78 is 5.13. The van der Waals surface area contributed by atoms with Crippen LogP contribution in [0.5, 0.6) is 0 Å². The van der Waals surface area contributed by atoms with Crippen molar-refractivity contribution < 1.29 is 4.52 Å². The van der Waals surface area contributed by atoms with Crippen LogP contribution in [-0.4, -0.2) is 10.1 Å². The van der Waals surface area contributed by atoms with Crippen LogP contribution in [0.4, 0.5) is 0 Å². The summed E-state index contributed by atoms with van der Waals surface area (Å²) >= 11 is 0. The van der Waals surface area contributed by atoms with Crippen molar-refractivity contribution in [2.45, 2.75) is 32.7 Å².